The smallest absolute Gasteiger partial charge is 0.233 e. The summed E-state index contributed by atoms with van der Waals surface area (Å²) in [6.07, 6.45) is 5.87. The SMILES string of the molecule is Cn1c(-c2ccc(O)cc2Cl)nnc1C12CCC(c3nc(-c4ccc(Cl)cc4)no3)(CC1)CC2. The highest BCUT2D eigenvalue weighted by molar-refractivity contribution is 6.33. The minimum absolute atomic E-state index is 0.0236. The van der Waals surface area contributed by atoms with Crippen molar-refractivity contribution in [1.29, 1.82) is 0 Å². The Morgan fingerprint density at radius 1 is 0.912 bits per heavy atom. The fraction of sp³-hybridized carbons (Fsp3) is 0.360. The van der Waals surface area contributed by atoms with Gasteiger partial charge in [-0.3, -0.25) is 0 Å². The molecule has 7 nitrogen and oxygen atoms in total. The lowest BCUT2D eigenvalue weighted by atomic mass is 9.53. The fourth-order valence-corrected chi connectivity index (χ4v) is 6.09. The summed E-state index contributed by atoms with van der Waals surface area (Å²) < 4.78 is 7.85. The molecule has 2 bridgehead atoms. The van der Waals surface area contributed by atoms with Crippen molar-refractivity contribution < 1.29 is 9.63 Å². The number of halogens is 2. The number of phenolic OH excluding ortho intramolecular Hbond substituents is 1. The summed E-state index contributed by atoms with van der Waals surface area (Å²) >= 11 is 12.4. The molecule has 7 rings (SSSR count). The summed E-state index contributed by atoms with van der Waals surface area (Å²) in [6, 6.07) is 12.4. The lowest BCUT2D eigenvalue weighted by Crippen LogP contribution is -2.47. The first kappa shape index (κ1) is 21.6. The molecule has 0 radical (unpaired) electrons. The molecule has 3 saturated carbocycles. The Morgan fingerprint density at radius 3 is 2.26 bits per heavy atom. The van der Waals surface area contributed by atoms with Crippen LogP contribution in [0, 0.1) is 0 Å². The van der Waals surface area contributed by atoms with Gasteiger partial charge in [-0.25, -0.2) is 0 Å². The molecule has 3 fully saturated rings. The second kappa shape index (κ2) is 7.82. The fourth-order valence-electron chi connectivity index (χ4n) is 5.71. The quantitative estimate of drug-likeness (QED) is 0.368. The van der Waals surface area contributed by atoms with E-state index >= 15 is 0 Å². The number of fused-ring (bicyclic) bond motifs is 3. The van der Waals surface area contributed by atoms with E-state index in [1.54, 1.807) is 12.1 Å². The van der Waals surface area contributed by atoms with Crippen LogP contribution in [0.1, 0.15) is 50.2 Å². The number of hydrogen-bond acceptors (Lipinski definition) is 6. The Hall–Kier alpha value is -2.90. The van der Waals surface area contributed by atoms with E-state index in [4.69, 9.17) is 32.7 Å². The number of aromatic nitrogens is 5. The highest BCUT2D eigenvalue weighted by Crippen LogP contribution is 2.58. The van der Waals surface area contributed by atoms with Gasteiger partial charge in [0.2, 0.25) is 11.7 Å². The largest absolute Gasteiger partial charge is 0.508 e. The van der Waals surface area contributed by atoms with Crippen LogP contribution in [0.3, 0.4) is 0 Å². The van der Waals surface area contributed by atoms with Gasteiger partial charge < -0.3 is 14.2 Å². The molecule has 4 aromatic rings. The molecule has 3 aliphatic carbocycles. The van der Waals surface area contributed by atoms with Crippen molar-refractivity contribution in [2.45, 2.75) is 49.4 Å². The lowest BCUT2D eigenvalue weighted by molar-refractivity contribution is 0.0689. The summed E-state index contributed by atoms with van der Waals surface area (Å²) in [7, 11) is 2.00. The van der Waals surface area contributed by atoms with Crippen molar-refractivity contribution in [1.82, 2.24) is 24.9 Å². The van der Waals surface area contributed by atoms with Crippen LogP contribution in [0.2, 0.25) is 10.0 Å². The third-order valence-electron chi connectivity index (χ3n) is 7.77. The molecule has 1 N–H and O–H groups in total. The molecule has 0 spiro atoms. The molecule has 174 valence electrons. The van der Waals surface area contributed by atoms with Crippen molar-refractivity contribution in [2.24, 2.45) is 7.05 Å². The first-order chi connectivity index (χ1) is 16.4. The van der Waals surface area contributed by atoms with Crippen LogP contribution in [0.5, 0.6) is 5.75 Å². The van der Waals surface area contributed by atoms with E-state index in [1.807, 2.05) is 31.3 Å². The van der Waals surface area contributed by atoms with Crippen LogP contribution in [-0.4, -0.2) is 30.0 Å². The molecular weight excluding hydrogens is 473 g/mol. The number of phenols is 1. The standard InChI is InChI=1S/C25H23Cl2N5O2/c1-32-21(18-7-6-17(33)14-19(18)27)29-30-22(32)24-8-11-25(12-9-24,13-10-24)23-28-20(31-34-23)15-2-4-16(26)5-3-15/h2-7,14,33H,8-13H2,1H3. The molecule has 2 heterocycles. The van der Waals surface area contributed by atoms with Gasteiger partial charge in [0.05, 0.1) is 5.02 Å². The summed E-state index contributed by atoms with van der Waals surface area (Å²) in [5.74, 6) is 3.17. The summed E-state index contributed by atoms with van der Waals surface area (Å²) in [4.78, 5) is 4.79. The van der Waals surface area contributed by atoms with Crippen LogP contribution in [0.15, 0.2) is 47.0 Å². The zero-order valence-corrected chi connectivity index (χ0v) is 20.1. The van der Waals surface area contributed by atoms with E-state index in [2.05, 4.69) is 19.9 Å². The Bertz CT molecular complexity index is 1350. The second-order valence-electron chi connectivity index (χ2n) is 9.56. The Labute approximate surface area is 206 Å². The predicted octanol–water partition coefficient (Wildman–Crippen LogP) is 6.09. The van der Waals surface area contributed by atoms with E-state index in [1.165, 1.54) is 6.07 Å². The highest BCUT2D eigenvalue weighted by atomic mass is 35.5. The van der Waals surface area contributed by atoms with Crippen molar-refractivity contribution in [3.05, 3.63) is 64.2 Å². The lowest BCUT2D eigenvalue weighted by Gasteiger charge is -2.51. The molecule has 0 unspecified atom stereocenters. The Kier molecular flexibility index (Phi) is 4.97. The maximum Gasteiger partial charge on any atom is 0.233 e. The third-order valence-corrected chi connectivity index (χ3v) is 8.34. The predicted molar refractivity (Wildman–Crippen MR) is 129 cm³/mol. The molecule has 0 amide bonds. The van der Waals surface area contributed by atoms with Gasteiger partial charge in [-0.2, -0.15) is 4.98 Å². The Balaban J connectivity index is 1.26. The molecule has 0 saturated heterocycles. The molecule has 2 aromatic heterocycles. The first-order valence-corrected chi connectivity index (χ1v) is 12.1. The number of aromatic hydroxyl groups is 1. The normalized spacial score (nSPS) is 24.0. The monoisotopic (exact) mass is 495 g/mol. The average Bonchev–Trinajstić information content (AvgIpc) is 3.49. The molecule has 34 heavy (non-hydrogen) atoms. The van der Waals surface area contributed by atoms with Crippen molar-refractivity contribution in [3.63, 3.8) is 0 Å². The van der Waals surface area contributed by atoms with Gasteiger partial charge in [0.25, 0.3) is 0 Å². The topological polar surface area (TPSA) is 89.9 Å². The third kappa shape index (κ3) is 3.33. The van der Waals surface area contributed by atoms with Crippen LogP contribution >= 0.6 is 23.2 Å². The van der Waals surface area contributed by atoms with Crippen molar-refractivity contribution >= 4 is 23.2 Å². The minimum Gasteiger partial charge on any atom is -0.508 e. The highest BCUT2D eigenvalue weighted by Gasteiger charge is 2.54. The van der Waals surface area contributed by atoms with Gasteiger partial charge >= 0.3 is 0 Å². The van der Waals surface area contributed by atoms with Crippen LogP contribution in [-0.2, 0) is 17.9 Å². The zero-order chi connectivity index (χ0) is 23.5. The summed E-state index contributed by atoms with van der Waals surface area (Å²) in [6.45, 7) is 0. The van der Waals surface area contributed by atoms with Crippen LogP contribution in [0.25, 0.3) is 22.8 Å². The average molecular weight is 496 g/mol. The van der Waals surface area contributed by atoms with Gasteiger partial charge in [0.15, 0.2) is 5.82 Å². The minimum atomic E-state index is -0.0822. The molecular formula is C25H23Cl2N5O2. The van der Waals surface area contributed by atoms with Gasteiger partial charge in [-0.05, 0) is 81.0 Å². The molecule has 3 aliphatic rings. The van der Waals surface area contributed by atoms with Gasteiger partial charge in [0.1, 0.15) is 11.6 Å². The van der Waals surface area contributed by atoms with Crippen molar-refractivity contribution in [2.75, 3.05) is 0 Å². The maximum atomic E-state index is 9.69. The summed E-state index contributed by atoms with van der Waals surface area (Å²) in [5, 5.41) is 24.2. The van der Waals surface area contributed by atoms with Crippen LogP contribution < -0.4 is 0 Å². The number of rotatable bonds is 4. The Morgan fingerprint density at radius 2 is 1.59 bits per heavy atom. The van der Waals surface area contributed by atoms with Crippen molar-refractivity contribution in [3.8, 4) is 28.5 Å². The molecule has 0 atom stereocenters. The number of benzene rings is 2. The number of nitrogens with zero attached hydrogens (tertiary/aromatic N) is 5. The van der Waals surface area contributed by atoms with Gasteiger partial charge in [0, 0.05) is 34.0 Å². The van der Waals surface area contributed by atoms with Gasteiger partial charge in [-0.1, -0.05) is 28.4 Å². The number of hydrogen-bond donors (Lipinski definition) is 1. The summed E-state index contributed by atoms with van der Waals surface area (Å²) in [5.41, 5.74) is 1.56. The van der Waals surface area contributed by atoms with E-state index in [0.717, 1.165) is 61.4 Å². The van der Waals surface area contributed by atoms with Gasteiger partial charge in [-0.15, -0.1) is 10.2 Å². The van der Waals surface area contributed by atoms with E-state index in [-0.39, 0.29) is 16.6 Å². The van der Waals surface area contributed by atoms with Crippen LogP contribution in [0.4, 0.5) is 0 Å². The zero-order valence-electron chi connectivity index (χ0n) is 18.6. The molecule has 9 heteroatoms. The molecule has 2 aromatic carbocycles. The van der Waals surface area contributed by atoms with E-state index < -0.39 is 0 Å². The van der Waals surface area contributed by atoms with E-state index in [0.29, 0.717) is 21.7 Å². The second-order valence-corrected chi connectivity index (χ2v) is 10.4. The molecule has 0 aliphatic heterocycles. The maximum absolute atomic E-state index is 9.69. The first-order valence-electron chi connectivity index (χ1n) is 11.4. The van der Waals surface area contributed by atoms with E-state index in [9.17, 15) is 5.11 Å².